The van der Waals surface area contributed by atoms with Crippen LogP contribution in [0.5, 0.6) is 5.75 Å². The van der Waals surface area contributed by atoms with E-state index in [0.29, 0.717) is 18.8 Å². The van der Waals surface area contributed by atoms with Crippen molar-refractivity contribution >= 4 is 5.97 Å². The van der Waals surface area contributed by atoms with Crippen molar-refractivity contribution in [3.63, 3.8) is 0 Å². The average Bonchev–Trinajstić information content (AvgIpc) is 2.28. The molecule has 94 valence electrons. The van der Waals surface area contributed by atoms with Gasteiger partial charge in [0.15, 0.2) is 0 Å². The lowest BCUT2D eigenvalue weighted by Gasteiger charge is -2.14. The molecule has 0 bridgehead atoms. The molecule has 1 N–H and O–H groups in total. The van der Waals surface area contributed by atoms with Gasteiger partial charge in [0.05, 0.1) is 13.0 Å². The lowest BCUT2D eigenvalue weighted by Crippen LogP contribution is -2.18. The highest BCUT2D eigenvalue weighted by Gasteiger charge is 2.19. The molecule has 3 nitrogen and oxygen atoms in total. The van der Waals surface area contributed by atoms with Crippen molar-refractivity contribution < 1.29 is 14.6 Å². The second-order valence-electron chi connectivity index (χ2n) is 4.72. The Balaban J connectivity index is 2.68. The Morgan fingerprint density at radius 1 is 1.29 bits per heavy atom. The first-order valence-electron chi connectivity index (χ1n) is 5.88. The zero-order valence-corrected chi connectivity index (χ0v) is 10.6. The maximum atomic E-state index is 11.1. The van der Waals surface area contributed by atoms with E-state index in [1.165, 1.54) is 0 Å². The molecule has 0 amide bonds. The third kappa shape index (κ3) is 4.47. The smallest absolute Gasteiger partial charge is 0.306 e. The summed E-state index contributed by atoms with van der Waals surface area (Å²) >= 11 is 0. The predicted molar refractivity (Wildman–Crippen MR) is 67.3 cm³/mol. The van der Waals surface area contributed by atoms with Crippen LogP contribution >= 0.6 is 0 Å². The van der Waals surface area contributed by atoms with Gasteiger partial charge in [0.25, 0.3) is 0 Å². The molecule has 1 rings (SSSR count). The van der Waals surface area contributed by atoms with E-state index in [4.69, 9.17) is 9.84 Å². The number of benzene rings is 1. The number of hydrogen-bond acceptors (Lipinski definition) is 2. The van der Waals surface area contributed by atoms with Gasteiger partial charge < -0.3 is 9.84 Å². The Kier molecular flexibility index (Phi) is 5.01. The number of carbonyl (C=O) groups is 1. The van der Waals surface area contributed by atoms with Gasteiger partial charge in [-0.3, -0.25) is 4.79 Å². The van der Waals surface area contributed by atoms with E-state index in [0.717, 1.165) is 11.3 Å². The van der Waals surface area contributed by atoms with Gasteiger partial charge in [-0.1, -0.05) is 26.0 Å². The van der Waals surface area contributed by atoms with Crippen LogP contribution in [0, 0.1) is 11.8 Å². The minimum absolute atomic E-state index is 0.302. The summed E-state index contributed by atoms with van der Waals surface area (Å²) in [4.78, 5) is 11.1. The fraction of sp³-hybridized carbons (Fsp3) is 0.500. The molecule has 0 aliphatic rings. The zero-order chi connectivity index (χ0) is 12.8. The molecule has 0 saturated heterocycles. The fourth-order valence-corrected chi connectivity index (χ4v) is 1.89. The van der Waals surface area contributed by atoms with Gasteiger partial charge in [0.2, 0.25) is 0 Å². The van der Waals surface area contributed by atoms with E-state index in [2.05, 4.69) is 0 Å². The highest BCUT2D eigenvalue weighted by Crippen LogP contribution is 2.19. The van der Waals surface area contributed by atoms with Crippen LogP contribution in [0.2, 0.25) is 0 Å². The molecular formula is C14H20O3. The number of aliphatic carboxylic acids is 1. The lowest BCUT2D eigenvalue weighted by molar-refractivity contribution is -0.142. The minimum atomic E-state index is -0.713. The third-order valence-electron chi connectivity index (χ3n) is 2.75. The Morgan fingerprint density at radius 3 is 2.29 bits per heavy atom. The molecule has 0 saturated carbocycles. The van der Waals surface area contributed by atoms with Crippen LogP contribution in [0.15, 0.2) is 24.3 Å². The van der Waals surface area contributed by atoms with Crippen LogP contribution in [0.3, 0.4) is 0 Å². The summed E-state index contributed by atoms with van der Waals surface area (Å²) in [5, 5.41) is 9.16. The number of carboxylic acids is 1. The predicted octanol–water partition coefficient (Wildman–Crippen LogP) is 2.98. The van der Waals surface area contributed by atoms with Crippen LogP contribution in [0.1, 0.15) is 25.8 Å². The first kappa shape index (κ1) is 13.6. The SMILES string of the molecule is COc1ccc(C[C@H](CC(C)C)C(=O)O)cc1. The highest BCUT2D eigenvalue weighted by molar-refractivity contribution is 5.70. The van der Waals surface area contributed by atoms with Crippen molar-refractivity contribution in [2.75, 3.05) is 7.11 Å². The van der Waals surface area contributed by atoms with Gasteiger partial charge in [-0.2, -0.15) is 0 Å². The molecule has 17 heavy (non-hydrogen) atoms. The van der Waals surface area contributed by atoms with E-state index in [1.807, 2.05) is 38.1 Å². The number of ether oxygens (including phenoxy) is 1. The molecule has 0 aromatic heterocycles. The van der Waals surface area contributed by atoms with Gasteiger partial charge in [-0.05, 0) is 36.5 Å². The number of hydrogen-bond donors (Lipinski definition) is 1. The summed E-state index contributed by atoms with van der Waals surface area (Å²) in [6.45, 7) is 4.09. The van der Waals surface area contributed by atoms with Crippen LogP contribution < -0.4 is 4.74 Å². The van der Waals surface area contributed by atoms with Crippen molar-refractivity contribution in [2.45, 2.75) is 26.7 Å². The molecule has 3 heteroatoms. The molecule has 0 spiro atoms. The fourth-order valence-electron chi connectivity index (χ4n) is 1.89. The number of methoxy groups -OCH3 is 1. The zero-order valence-electron chi connectivity index (χ0n) is 10.6. The molecule has 0 fully saturated rings. The molecular weight excluding hydrogens is 216 g/mol. The monoisotopic (exact) mass is 236 g/mol. The van der Waals surface area contributed by atoms with Gasteiger partial charge in [0.1, 0.15) is 5.75 Å². The summed E-state index contributed by atoms with van der Waals surface area (Å²) in [6, 6.07) is 7.58. The van der Waals surface area contributed by atoms with Crippen molar-refractivity contribution in [3.05, 3.63) is 29.8 Å². The summed E-state index contributed by atoms with van der Waals surface area (Å²) in [5.74, 6) is 0.178. The second kappa shape index (κ2) is 6.28. The Bertz CT molecular complexity index is 354. The quantitative estimate of drug-likeness (QED) is 0.826. The molecule has 0 aliphatic heterocycles. The molecule has 1 atom stereocenters. The summed E-state index contributed by atoms with van der Waals surface area (Å²) in [5.41, 5.74) is 1.04. The Labute approximate surface area is 102 Å². The minimum Gasteiger partial charge on any atom is -0.497 e. The maximum absolute atomic E-state index is 11.1. The third-order valence-corrected chi connectivity index (χ3v) is 2.75. The first-order valence-corrected chi connectivity index (χ1v) is 5.88. The molecule has 0 aliphatic carbocycles. The van der Waals surface area contributed by atoms with Gasteiger partial charge in [-0.15, -0.1) is 0 Å². The molecule has 1 aromatic rings. The largest absolute Gasteiger partial charge is 0.497 e. The van der Waals surface area contributed by atoms with E-state index in [-0.39, 0.29) is 5.92 Å². The van der Waals surface area contributed by atoms with Crippen molar-refractivity contribution in [1.82, 2.24) is 0 Å². The van der Waals surface area contributed by atoms with E-state index >= 15 is 0 Å². The first-order chi connectivity index (χ1) is 8.02. The lowest BCUT2D eigenvalue weighted by atomic mass is 9.91. The van der Waals surface area contributed by atoms with Crippen LogP contribution in [0.4, 0.5) is 0 Å². The number of rotatable bonds is 6. The highest BCUT2D eigenvalue weighted by atomic mass is 16.5. The second-order valence-corrected chi connectivity index (χ2v) is 4.72. The maximum Gasteiger partial charge on any atom is 0.306 e. The van der Waals surface area contributed by atoms with Crippen LogP contribution in [-0.2, 0) is 11.2 Å². The van der Waals surface area contributed by atoms with Gasteiger partial charge in [-0.25, -0.2) is 0 Å². The molecule has 0 heterocycles. The van der Waals surface area contributed by atoms with Crippen molar-refractivity contribution in [2.24, 2.45) is 11.8 Å². The summed E-state index contributed by atoms with van der Waals surface area (Å²) in [6.07, 6.45) is 1.29. The van der Waals surface area contributed by atoms with E-state index in [9.17, 15) is 4.79 Å². The molecule has 0 unspecified atom stereocenters. The topological polar surface area (TPSA) is 46.5 Å². The summed E-state index contributed by atoms with van der Waals surface area (Å²) < 4.78 is 5.07. The number of carboxylic acid groups (broad SMARTS) is 1. The van der Waals surface area contributed by atoms with Crippen molar-refractivity contribution in [3.8, 4) is 5.75 Å². The van der Waals surface area contributed by atoms with Gasteiger partial charge in [0, 0.05) is 0 Å². The standard InChI is InChI=1S/C14H20O3/c1-10(2)8-12(14(15)16)9-11-4-6-13(17-3)7-5-11/h4-7,10,12H,8-9H2,1-3H3,(H,15,16)/t12-/m0/s1. The Hall–Kier alpha value is -1.51. The van der Waals surface area contributed by atoms with Crippen LogP contribution in [-0.4, -0.2) is 18.2 Å². The van der Waals surface area contributed by atoms with E-state index in [1.54, 1.807) is 7.11 Å². The van der Waals surface area contributed by atoms with Crippen molar-refractivity contribution in [1.29, 1.82) is 0 Å². The molecule has 0 radical (unpaired) electrons. The molecule has 1 aromatic carbocycles. The Morgan fingerprint density at radius 2 is 1.88 bits per heavy atom. The normalized spacial score (nSPS) is 12.5. The van der Waals surface area contributed by atoms with Crippen LogP contribution in [0.25, 0.3) is 0 Å². The van der Waals surface area contributed by atoms with E-state index < -0.39 is 5.97 Å². The summed E-state index contributed by atoms with van der Waals surface area (Å²) in [7, 11) is 1.62. The van der Waals surface area contributed by atoms with Gasteiger partial charge >= 0.3 is 5.97 Å². The average molecular weight is 236 g/mol.